The third kappa shape index (κ3) is 7.34. The lowest BCUT2D eigenvalue weighted by molar-refractivity contribution is -0.123. The molecule has 0 saturated heterocycles. The minimum Gasteiger partial charge on any atom is -0.482 e. The fourth-order valence-electron chi connectivity index (χ4n) is 2.57. The molecule has 2 rings (SSSR count). The van der Waals surface area contributed by atoms with Crippen LogP contribution in [-0.4, -0.2) is 27.5 Å². The maximum absolute atomic E-state index is 12.6. The lowest BCUT2D eigenvalue weighted by atomic mass is 10.1. The Kier molecular flexibility index (Phi) is 8.49. The molecule has 0 aromatic heterocycles. The van der Waals surface area contributed by atoms with Gasteiger partial charge in [0.15, 0.2) is 6.61 Å². The van der Waals surface area contributed by atoms with E-state index in [2.05, 4.69) is 23.9 Å². The third-order valence-corrected chi connectivity index (χ3v) is 6.08. The summed E-state index contributed by atoms with van der Waals surface area (Å²) in [5.74, 6) is 0.496. The molecule has 0 aliphatic rings. The van der Waals surface area contributed by atoms with Crippen molar-refractivity contribution in [3.8, 4) is 5.75 Å². The second-order valence-electron chi connectivity index (χ2n) is 7.17. The molecule has 1 unspecified atom stereocenters. The Morgan fingerprint density at radius 2 is 1.79 bits per heavy atom. The van der Waals surface area contributed by atoms with E-state index in [4.69, 9.17) is 16.3 Å². The molecule has 0 aliphatic heterocycles. The van der Waals surface area contributed by atoms with E-state index >= 15 is 0 Å². The predicted octanol–water partition coefficient (Wildman–Crippen LogP) is 3.92. The van der Waals surface area contributed by atoms with E-state index in [1.54, 1.807) is 6.92 Å². The third-order valence-electron chi connectivity index (χ3n) is 4.25. The number of nitrogens with one attached hydrogen (secondary N) is 2. The summed E-state index contributed by atoms with van der Waals surface area (Å²) < 4.78 is 33.3. The van der Waals surface area contributed by atoms with E-state index in [9.17, 15) is 13.2 Å². The molecule has 158 valence electrons. The Morgan fingerprint density at radius 1 is 1.10 bits per heavy atom. The van der Waals surface area contributed by atoms with Crippen LogP contribution in [0.1, 0.15) is 38.8 Å². The van der Waals surface area contributed by atoms with Gasteiger partial charge in [0.1, 0.15) is 5.75 Å². The second kappa shape index (κ2) is 10.6. The van der Waals surface area contributed by atoms with Crippen molar-refractivity contribution in [3.63, 3.8) is 0 Å². The van der Waals surface area contributed by atoms with E-state index in [-0.39, 0.29) is 28.2 Å². The lowest BCUT2D eigenvalue weighted by Gasteiger charge is -2.15. The van der Waals surface area contributed by atoms with Gasteiger partial charge in [-0.05, 0) is 43.0 Å². The number of hydrogen-bond acceptors (Lipinski definition) is 4. The highest BCUT2D eigenvalue weighted by Gasteiger charge is 2.20. The summed E-state index contributed by atoms with van der Waals surface area (Å²) in [6.07, 6.45) is 0.882. The van der Waals surface area contributed by atoms with Gasteiger partial charge in [0.25, 0.3) is 5.91 Å². The number of sulfonamides is 1. The lowest BCUT2D eigenvalue weighted by Crippen LogP contribution is -2.30. The van der Waals surface area contributed by atoms with E-state index in [0.717, 1.165) is 12.0 Å². The van der Waals surface area contributed by atoms with Crippen LogP contribution >= 0.6 is 11.6 Å². The van der Waals surface area contributed by atoms with Gasteiger partial charge in [0, 0.05) is 12.6 Å². The smallest absolute Gasteiger partial charge is 0.257 e. The Morgan fingerprint density at radius 3 is 2.41 bits per heavy atom. The van der Waals surface area contributed by atoms with Gasteiger partial charge in [-0.2, -0.15) is 0 Å². The first kappa shape index (κ1) is 23.2. The summed E-state index contributed by atoms with van der Waals surface area (Å²) in [5.41, 5.74) is 0.852. The van der Waals surface area contributed by atoms with Crippen LogP contribution in [0.15, 0.2) is 53.4 Å². The normalized spacial score (nSPS) is 12.6. The standard InChI is InChI=1S/C21H27ClN2O4S/c1-15(2)11-12-23-21(25)14-28-20-10-9-18(13-19(20)22)29(26,27)24-16(3)17-7-5-4-6-8-17/h4-10,13,15-16,24H,11-12,14H2,1-3H3,(H,23,25). The van der Waals surface area contributed by atoms with Crippen LogP contribution in [0.2, 0.25) is 5.02 Å². The van der Waals surface area contributed by atoms with Crippen molar-refractivity contribution in [2.75, 3.05) is 13.2 Å². The van der Waals surface area contributed by atoms with Crippen LogP contribution in [0.25, 0.3) is 0 Å². The molecule has 6 nitrogen and oxygen atoms in total. The molecular formula is C21H27ClN2O4S. The summed E-state index contributed by atoms with van der Waals surface area (Å²) in [6.45, 7) is 6.31. The number of hydrogen-bond donors (Lipinski definition) is 2. The van der Waals surface area contributed by atoms with Gasteiger partial charge < -0.3 is 10.1 Å². The van der Waals surface area contributed by atoms with E-state index in [1.165, 1.54) is 18.2 Å². The van der Waals surface area contributed by atoms with Gasteiger partial charge in [0.05, 0.1) is 9.92 Å². The summed E-state index contributed by atoms with van der Waals surface area (Å²) in [4.78, 5) is 11.8. The van der Waals surface area contributed by atoms with Gasteiger partial charge in [-0.15, -0.1) is 0 Å². The average molecular weight is 439 g/mol. The van der Waals surface area contributed by atoms with Crippen LogP contribution in [0.5, 0.6) is 5.75 Å². The fourth-order valence-corrected chi connectivity index (χ4v) is 4.13. The highest BCUT2D eigenvalue weighted by molar-refractivity contribution is 7.89. The van der Waals surface area contributed by atoms with Gasteiger partial charge in [-0.3, -0.25) is 4.79 Å². The molecule has 1 amide bonds. The summed E-state index contributed by atoms with van der Waals surface area (Å²) >= 11 is 6.17. The summed E-state index contributed by atoms with van der Waals surface area (Å²) in [6, 6.07) is 13.0. The number of carbonyl (C=O) groups is 1. The van der Waals surface area contributed by atoms with Crippen LogP contribution < -0.4 is 14.8 Å². The molecule has 0 aliphatic carbocycles. The molecule has 2 aromatic carbocycles. The number of benzene rings is 2. The number of ether oxygens (including phenoxy) is 1. The molecule has 8 heteroatoms. The van der Waals surface area contributed by atoms with Crippen molar-refractivity contribution < 1.29 is 17.9 Å². The quantitative estimate of drug-likeness (QED) is 0.588. The maximum atomic E-state index is 12.6. The van der Waals surface area contributed by atoms with Gasteiger partial charge >= 0.3 is 0 Å². The van der Waals surface area contributed by atoms with Crippen molar-refractivity contribution in [3.05, 3.63) is 59.1 Å². The first-order valence-corrected chi connectivity index (χ1v) is 11.3. The van der Waals surface area contributed by atoms with Crippen molar-refractivity contribution in [2.45, 2.75) is 38.1 Å². The topological polar surface area (TPSA) is 84.5 Å². The molecule has 0 radical (unpaired) electrons. The van der Waals surface area contributed by atoms with Crippen molar-refractivity contribution in [2.24, 2.45) is 5.92 Å². The maximum Gasteiger partial charge on any atom is 0.257 e. The molecule has 2 N–H and O–H groups in total. The fraction of sp³-hybridized carbons (Fsp3) is 0.381. The summed E-state index contributed by atoms with van der Waals surface area (Å²) in [7, 11) is -3.77. The first-order chi connectivity index (χ1) is 13.7. The van der Waals surface area contributed by atoms with Crippen LogP contribution in [0.3, 0.4) is 0 Å². The molecule has 29 heavy (non-hydrogen) atoms. The molecule has 0 heterocycles. The van der Waals surface area contributed by atoms with Gasteiger partial charge in [0.2, 0.25) is 10.0 Å². The predicted molar refractivity (Wildman–Crippen MR) is 115 cm³/mol. The number of carbonyl (C=O) groups excluding carboxylic acids is 1. The molecule has 1 atom stereocenters. The molecule has 0 spiro atoms. The van der Waals surface area contributed by atoms with Crippen molar-refractivity contribution >= 4 is 27.5 Å². The molecule has 2 aromatic rings. The first-order valence-electron chi connectivity index (χ1n) is 9.45. The SMILES string of the molecule is CC(C)CCNC(=O)COc1ccc(S(=O)(=O)NC(C)c2ccccc2)cc1Cl. The Bertz CT molecular complexity index is 918. The second-order valence-corrected chi connectivity index (χ2v) is 9.29. The summed E-state index contributed by atoms with van der Waals surface area (Å²) in [5, 5.41) is 2.88. The molecule has 0 saturated carbocycles. The van der Waals surface area contributed by atoms with Crippen LogP contribution in [0.4, 0.5) is 0 Å². The molecule has 0 bridgehead atoms. The minimum absolute atomic E-state index is 0.0269. The van der Waals surface area contributed by atoms with Crippen LogP contribution in [-0.2, 0) is 14.8 Å². The van der Waals surface area contributed by atoms with E-state index < -0.39 is 16.1 Å². The van der Waals surface area contributed by atoms with Crippen molar-refractivity contribution in [1.82, 2.24) is 10.0 Å². The van der Waals surface area contributed by atoms with E-state index in [0.29, 0.717) is 12.5 Å². The Hall–Kier alpha value is -2.09. The van der Waals surface area contributed by atoms with Gasteiger partial charge in [-0.1, -0.05) is 55.8 Å². The molecule has 0 fully saturated rings. The van der Waals surface area contributed by atoms with Gasteiger partial charge in [-0.25, -0.2) is 13.1 Å². The Labute approximate surface area is 177 Å². The highest BCUT2D eigenvalue weighted by Crippen LogP contribution is 2.28. The minimum atomic E-state index is -3.77. The monoisotopic (exact) mass is 438 g/mol. The zero-order valence-electron chi connectivity index (χ0n) is 16.8. The number of halogens is 1. The Balaban J connectivity index is 1.98. The van der Waals surface area contributed by atoms with Crippen molar-refractivity contribution in [1.29, 1.82) is 0 Å². The number of amides is 1. The average Bonchev–Trinajstić information content (AvgIpc) is 2.67. The highest BCUT2D eigenvalue weighted by atomic mass is 35.5. The van der Waals surface area contributed by atoms with E-state index in [1.807, 2.05) is 30.3 Å². The molecular weight excluding hydrogens is 412 g/mol. The largest absolute Gasteiger partial charge is 0.482 e. The number of rotatable bonds is 10. The zero-order chi connectivity index (χ0) is 21.4. The zero-order valence-corrected chi connectivity index (χ0v) is 18.4. The van der Waals surface area contributed by atoms with Crippen LogP contribution in [0, 0.1) is 5.92 Å².